The normalized spacial score (nSPS) is 13.2. The third kappa shape index (κ3) is 9.39. The van der Waals surface area contributed by atoms with Crippen LogP contribution in [-0.4, -0.2) is 42.6 Å². The van der Waals surface area contributed by atoms with Gasteiger partial charge in [-0.2, -0.15) is 0 Å². The van der Waals surface area contributed by atoms with Crippen LogP contribution in [0.1, 0.15) is 53.0 Å². The molecule has 2 atom stereocenters. The molecule has 28 heavy (non-hydrogen) atoms. The average molecular weight is 392 g/mol. The van der Waals surface area contributed by atoms with Crippen molar-refractivity contribution in [2.24, 2.45) is 0 Å². The lowest BCUT2D eigenvalue weighted by atomic mass is 10.0. The maximum absolute atomic E-state index is 12.5. The van der Waals surface area contributed by atoms with Crippen LogP contribution >= 0.6 is 0 Å². The zero-order chi connectivity index (χ0) is 21.2. The highest BCUT2D eigenvalue weighted by Gasteiger charge is 2.25. The molecular formula is C21H32N2O5. The molecule has 1 aromatic carbocycles. The predicted molar refractivity (Wildman–Crippen MR) is 107 cm³/mol. The van der Waals surface area contributed by atoms with E-state index in [1.807, 2.05) is 24.3 Å². The molecule has 0 aliphatic rings. The van der Waals surface area contributed by atoms with Crippen molar-refractivity contribution in [3.05, 3.63) is 29.8 Å². The summed E-state index contributed by atoms with van der Waals surface area (Å²) < 4.78 is 10.9. The molecule has 0 bridgehead atoms. The predicted octanol–water partition coefficient (Wildman–Crippen LogP) is 3.00. The van der Waals surface area contributed by atoms with Crippen molar-refractivity contribution in [1.82, 2.24) is 10.6 Å². The van der Waals surface area contributed by atoms with Crippen LogP contribution in [0.5, 0.6) is 5.75 Å². The number of amides is 2. The van der Waals surface area contributed by atoms with Gasteiger partial charge in [0.1, 0.15) is 23.7 Å². The SMILES string of the molecule is CCCCOc1ccc(C[C@H](NC(=O)OC(C)(C)C)C(=O)N[C@@H](C)C=O)cc1. The monoisotopic (exact) mass is 392 g/mol. The molecule has 0 saturated heterocycles. The Kier molecular flexibility index (Phi) is 9.48. The van der Waals surface area contributed by atoms with Crippen LogP contribution in [0, 0.1) is 0 Å². The Hall–Kier alpha value is -2.57. The third-order valence-electron chi connectivity index (χ3n) is 3.71. The molecule has 1 aromatic rings. The van der Waals surface area contributed by atoms with Crippen molar-refractivity contribution in [1.29, 1.82) is 0 Å². The molecule has 0 aliphatic carbocycles. The number of rotatable bonds is 10. The van der Waals surface area contributed by atoms with Crippen molar-refractivity contribution in [2.75, 3.05) is 6.61 Å². The number of alkyl carbamates (subject to hydrolysis) is 1. The van der Waals surface area contributed by atoms with E-state index in [4.69, 9.17) is 9.47 Å². The highest BCUT2D eigenvalue weighted by atomic mass is 16.6. The van der Waals surface area contributed by atoms with Gasteiger partial charge in [-0.25, -0.2) is 4.79 Å². The Labute approximate surface area is 167 Å². The number of ether oxygens (including phenoxy) is 2. The lowest BCUT2D eigenvalue weighted by molar-refractivity contribution is -0.125. The summed E-state index contributed by atoms with van der Waals surface area (Å²) in [6.45, 7) is 9.55. The minimum absolute atomic E-state index is 0.256. The lowest BCUT2D eigenvalue weighted by Crippen LogP contribution is -2.51. The number of carbonyl (C=O) groups excluding carboxylic acids is 3. The van der Waals surface area contributed by atoms with Gasteiger partial charge in [0.05, 0.1) is 12.6 Å². The first-order valence-electron chi connectivity index (χ1n) is 9.61. The first-order valence-corrected chi connectivity index (χ1v) is 9.61. The van der Waals surface area contributed by atoms with Crippen LogP contribution in [0.4, 0.5) is 4.79 Å². The molecule has 1 rings (SSSR count). The number of nitrogens with one attached hydrogen (secondary N) is 2. The van der Waals surface area contributed by atoms with E-state index in [1.165, 1.54) is 0 Å². The second-order valence-electron chi connectivity index (χ2n) is 7.68. The van der Waals surface area contributed by atoms with Gasteiger partial charge in [-0.3, -0.25) is 4.79 Å². The largest absolute Gasteiger partial charge is 0.494 e. The van der Waals surface area contributed by atoms with E-state index in [0.717, 1.165) is 24.2 Å². The summed E-state index contributed by atoms with van der Waals surface area (Å²) in [5.41, 5.74) is 0.163. The number of hydrogen-bond acceptors (Lipinski definition) is 5. The molecule has 0 heterocycles. The summed E-state index contributed by atoms with van der Waals surface area (Å²) >= 11 is 0. The van der Waals surface area contributed by atoms with E-state index in [1.54, 1.807) is 27.7 Å². The van der Waals surface area contributed by atoms with Gasteiger partial charge in [0.2, 0.25) is 5.91 Å². The first kappa shape index (κ1) is 23.5. The molecule has 7 heteroatoms. The molecular weight excluding hydrogens is 360 g/mol. The average Bonchev–Trinajstić information content (AvgIpc) is 2.61. The summed E-state index contributed by atoms with van der Waals surface area (Å²) in [6, 6.07) is 5.85. The fourth-order valence-corrected chi connectivity index (χ4v) is 2.31. The van der Waals surface area contributed by atoms with Crippen molar-refractivity contribution >= 4 is 18.3 Å². The summed E-state index contributed by atoms with van der Waals surface area (Å²) in [6.07, 6.45) is 2.24. The number of aldehydes is 1. The van der Waals surface area contributed by atoms with Gasteiger partial charge >= 0.3 is 6.09 Å². The molecule has 0 aliphatic heterocycles. The van der Waals surface area contributed by atoms with Crippen LogP contribution < -0.4 is 15.4 Å². The van der Waals surface area contributed by atoms with Crippen molar-refractivity contribution < 1.29 is 23.9 Å². The summed E-state index contributed by atoms with van der Waals surface area (Å²) in [5.74, 6) is 0.307. The fraction of sp³-hybridized carbons (Fsp3) is 0.571. The molecule has 0 fully saturated rings. The molecule has 0 unspecified atom stereocenters. The Morgan fingerprint density at radius 3 is 2.32 bits per heavy atom. The van der Waals surface area contributed by atoms with E-state index >= 15 is 0 Å². The highest BCUT2D eigenvalue weighted by Crippen LogP contribution is 2.15. The topological polar surface area (TPSA) is 93.7 Å². The summed E-state index contributed by atoms with van der Waals surface area (Å²) in [5, 5.41) is 5.15. The maximum atomic E-state index is 12.5. The highest BCUT2D eigenvalue weighted by molar-refractivity contribution is 5.87. The van der Waals surface area contributed by atoms with Crippen LogP contribution in [0.25, 0.3) is 0 Å². The van der Waals surface area contributed by atoms with Gasteiger partial charge in [-0.15, -0.1) is 0 Å². The van der Waals surface area contributed by atoms with Crippen molar-refractivity contribution in [3.63, 3.8) is 0 Å². The summed E-state index contributed by atoms with van der Waals surface area (Å²) in [4.78, 5) is 35.4. The van der Waals surface area contributed by atoms with Crippen LogP contribution in [0.15, 0.2) is 24.3 Å². The van der Waals surface area contributed by atoms with E-state index in [0.29, 0.717) is 12.9 Å². The van der Waals surface area contributed by atoms with Gasteiger partial charge in [0, 0.05) is 6.42 Å². The molecule has 0 radical (unpaired) electrons. The van der Waals surface area contributed by atoms with Gasteiger partial charge in [-0.05, 0) is 51.8 Å². The second kappa shape index (κ2) is 11.3. The van der Waals surface area contributed by atoms with E-state index in [2.05, 4.69) is 17.6 Å². The van der Waals surface area contributed by atoms with Gasteiger partial charge in [0.15, 0.2) is 0 Å². The van der Waals surface area contributed by atoms with Gasteiger partial charge in [0.25, 0.3) is 0 Å². The number of unbranched alkanes of at least 4 members (excludes halogenated alkanes) is 1. The van der Waals surface area contributed by atoms with Crippen LogP contribution in [0.3, 0.4) is 0 Å². The number of benzene rings is 1. The van der Waals surface area contributed by atoms with E-state index < -0.39 is 29.7 Å². The molecule has 2 amide bonds. The first-order chi connectivity index (χ1) is 13.1. The molecule has 7 nitrogen and oxygen atoms in total. The Morgan fingerprint density at radius 1 is 1.14 bits per heavy atom. The molecule has 156 valence electrons. The fourth-order valence-electron chi connectivity index (χ4n) is 2.31. The zero-order valence-electron chi connectivity index (χ0n) is 17.4. The minimum atomic E-state index is -0.871. The smallest absolute Gasteiger partial charge is 0.408 e. The summed E-state index contributed by atoms with van der Waals surface area (Å²) in [7, 11) is 0. The Morgan fingerprint density at radius 2 is 1.79 bits per heavy atom. The van der Waals surface area contributed by atoms with Gasteiger partial charge < -0.3 is 24.9 Å². The third-order valence-corrected chi connectivity index (χ3v) is 3.71. The minimum Gasteiger partial charge on any atom is -0.494 e. The molecule has 0 spiro atoms. The van der Waals surface area contributed by atoms with Gasteiger partial charge in [-0.1, -0.05) is 25.5 Å². The molecule has 2 N–H and O–H groups in total. The lowest BCUT2D eigenvalue weighted by Gasteiger charge is -2.24. The maximum Gasteiger partial charge on any atom is 0.408 e. The number of hydrogen-bond donors (Lipinski definition) is 2. The quantitative estimate of drug-likeness (QED) is 0.472. The van der Waals surface area contributed by atoms with Crippen LogP contribution in [-0.2, 0) is 20.7 Å². The van der Waals surface area contributed by atoms with E-state index in [-0.39, 0.29) is 6.42 Å². The van der Waals surface area contributed by atoms with Crippen LogP contribution in [0.2, 0.25) is 0 Å². The Bertz CT molecular complexity index is 637. The second-order valence-corrected chi connectivity index (χ2v) is 7.68. The molecule has 0 saturated carbocycles. The Balaban J connectivity index is 2.81. The number of carbonyl (C=O) groups is 3. The van der Waals surface area contributed by atoms with Crippen molar-refractivity contribution in [2.45, 2.75) is 71.6 Å². The standard InChI is InChI=1S/C21H32N2O5/c1-6-7-12-27-17-10-8-16(9-11-17)13-18(19(25)22-15(2)14-24)23-20(26)28-21(3,4)5/h8-11,14-15,18H,6-7,12-13H2,1-5H3,(H,22,25)(H,23,26)/t15-,18-/m0/s1. The zero-order valence-corrected chi connectivity index (χ0v) is 17.4. The van der Waals surface area contributed by atoms with Crippen molar-refractivity contribution in [3.8, 4) is 5.75 Å². The molecule has 0 aromatic heterocycles. The van der Waals surface area contributed by atoms with E-state index in [9.17, 15) is 14.4 Å².